The molecule has 2 aromatic carbocycles. The smallest absolute Gasteiger partial charge is 0.307 e. The van der Waals surface area contributed by atoms with Crippen LogP contribution in [0.5, 0.6) is 0 Å². The fourth-order valence-electron chi connectivity index (χ4n) is 3.40. The number of carboxylic acids is 1. The average Bonchev–Trinajstić information content (AvgIpc) is 2.70. The van der Waals surface area contributed by atoms with Gasteiger partial charge in [0.15, 0.2) is 0 Å². The first-order chi connectivity index (χ1) is 14.3. The number of hydrogen-bond acceptors (Lipinski definition) is 3. The molecule has 1 heterocycles. The van der Waals surface area contributed by atoms with Gasteiger partial charge in [-0.3, -0.25) is 9.69 Å². The molecule has 1 aliphatic heterocycles. The summed E-state index contributed by atoms with van der Waals surface area (Å²) in [5, 5.41) is 9.18. The molecule has 0 saturated carbocycles. The van der Waals surface area contributed by atoms with Crippen LogP contribution < -0.4 is 0 Å². The van der Waals surface area contributed by atoms with Gasteiger partial charge in [-0.1, -0.05) is 0 Å². The van der Waals surface area contributed by atoms with Crippen LogP contribution in [0.1, 0.15) is 24.0 Å². The number of benzene rings is 2. The predicted molar refractivity (Wildman–Crippen MR) is 111 cm³/mol. The Morgan fingerprint density at radius 1 is 1.10 bits per heavy atom. The van der Waals surface area contributed by atoms with E-state index in [2.05, 4.69) is 0 Å². The Labute approximate surface area is 183 Å². The summed E-state index contributed by atoms with van der Waals surface area (Å²) in [6.07, 6.45) is 2.50. The van der Waals surface area contributed by atoms with Crippen LogP contribution in [0.3, 0.4) is 0 Å². The summed E-state index contributed by atoms with van der Waals surface area (Å²) >= 11 is 0. The molecule has 0 aromatic heterocycles. The second-order valence-electron chi connectivity index (χ2n) is 7.13. The van der Waals surface area contributed by atoms with E-state index in [0.29, 0.717) is 32.1 Å². The van der Waals surface area contributed by atoms with Crippen molar-refractivity contribution in [1.29, 1.82) is 0 Å². The van der Waals surface area contributed by atoms with Crippen LogP contribution in [-0.2, 0) is 9.53 Å². The number of hydrogen-bond donors (Lipinski definition) is 1. The Kier molecular flexibility index (Phi) is 8.88. The summed E-state index contributed by atoms with van der Waals surface area (Å²) in [6, 6.07) is 5.73. The van der Waals surface area contributed by atoms with Crippen molar-refractivity contribution in [2.45, 2.75) is 12.8 Å². The van der Waals surface area contributed by atoms with E-state index in [1.54, 1.807) is 0 Å². The number of piperidine rings is 1. The second-order valence-corrected chi connectivity index (χ2v) is 7.13. The lowest BCUT2D eigenvalue weighted by molar-refractivity contribution is -0.143. The summed E-state index contributed by atoms with van der Waals surface area (Å²) in [5.41, 5.74) is -0.236. The third-order valence-electron chi connectivity index (χ3n) is 4.96. The molecule has 3 rings (SSSR count). The molecule has 0 bridgehead atoms. The van der Waals surface area contributed by atoms with Gasteiger partial charge in [0.25, 0.3) is 0 Å². The third kappa shape index (κ3) is 6.70. The Balaban J connectivity index is 0.00000341. The number of aliphatic carboxylic acids is 1. The van der Waals surface area contributed by atoms with Crippen LogP contribution in [0.15, 0.2) is 36.4 Å². The van der Waals surface area contributed by atoms with Crippen LogP contribution in [0.25, 0.3) is 11.8 Å². The van der Waals surface area contributed by atoms with E-state index >= 15 is 0 Å². The van der Waals surface area contributed by atoms with E-state index in [1.807, 2.05) is 4.90 Å². The zero-order valence-electron chi connectivity index (χ0n) is 16.5. The maximum atomic E-state index is 14.3. The number of rotatable bonds is 7. The molecule has 31 heavy (non-hydrogen) atoms. The zero-order chi connectivity index (χ0) is 21.7. The molecule has 9 heteroatoms. The molecule has 4 nitrogen and oxygen atoms in total. The molecule has 1 saturated heterocycles. The fraction of sp³-hybridized carbons (Fsp3) is 0.318. The lowest BCUT2D eigenvalue weighted by Crippen LogP contribution is -2.40. The van der Waals surface area contributed by atoms with Gasteiger partial charge in [-0.05, 0) is 55.8 Å². The van der Waals surface area contributed by atoms with Gasteiger partial charge >= 0.3 is 5.97 Å². The van der Waals surface area contributed by atoms with E-state index < -0.39 is 35.2 Å². The normalized spacial score (nSPS) is 17.2. The molecule has 1 atom stereocenters. The molecule has 1 aliphatic rings. The number of ether oxygens (including phenoxy) is 1. The Morgan fingerprint density at radius 2 is 1.81 bits per heavy atom. The van der Waals surface area contributed by atoms with Gasteiger partial charge in [0.2, 0.25) is 0 Å². The van der Waals surface area contributed by atoms with E-state index in [0.717, 1.165) is 42.8 Å². The van der Waals surface area contributed by atoms with Crippen molar-refractivity contribution in [3.63, 3.8) is 0 Å². The van der Waals surface area contributed by atoms with Crippen LogP contribution in [0, 0.1) is 29.2 Å². The van der Waals surface area contributed by atoms with Gasteiger partial charge < -0.3 is 9.84 Å². The van der Waals surface area contributed by atoms with Gasteiger partial charge in [0, 0.05) is 24.7 Å². The largest absolute Gasteiger partial charge is 0.491 e. The number of likely N-dealkylation sites (tertiary alicyclic amines) is 1. The highest BCUT2D eigenvalue weighted by Gasteiger charge is 2.25. The first-order valence-electron chi connectivity index (χ1n) is 9.53. The van der Waals surface area contributed by atoms with Crippen LogP contribution >= 0.6 is 12.4 Å². The number of nitrogens with zero attached hydrogens (tertiary/aromatic N) is 1. The van der Waals surface area contributed by atoms with Gasteiger partial charge in [-0.2, -0.15) is 0 Å². The molecular formula is C22H22ClF4NO3. The Bertz CT molecular complexity index is 954. The molecule has 2 aromatic rings. The van der Waals surface area contributed by atoms with E-state index in [9.17, 15) is 27.5 Å². The monoisotopic (exact) mass is 459 g/mol. The van der Waals surface area contributed by atoms with E-state index in [4.69, 9.17) is 4.74 Å². The van der Waals surface area contributed by atoms with Crippen molar-refractivity contribution in [2.75, 3.05) is 26.2 Å². The molecule has 0 radical (unpaired) electrons. The summed E-state index contributed by atoms with van der Waals surface area (Å²) in [7, 11) is 0. The van der Waals surface area contributed by atoms with Gasteiger partial charge in [-0.15, -0.1) is 12.4 Å². The quantitative estimate of drug-likeness (QED) is 0.360. The van der Waals surface area contributed by atoms with Crippen LogP contribution in [-0.4, -0.2) is 42.2 Å². The first kappa shape index (κ1) is 24.7. The number of carboxylic acid groups (broad SMARTS) is 1. The van der Waals surface area contributed by atoms with Crippen molar-refractivity contribution < 1.29 is 32.2 Å². The highest BCUT2D eigenvalue weighted by Crippen LogP contribution is 2.25. The standard InChI is InChI=1S/C22H21F4NO3.ClH/c23-16-4-6-19(25)15(10-16)11-21(18-5-3-17(24)12-20(18)26)30-9-8-27-7-1-2-14(13-27)22(28)29;/h3-6,10-12,14H,1-2,7-9,13H2,(H,28,29);1H. The Hall–Kier alpha value is -2.58. The molecule has 0 amide bonds. The van der Waals surface area contributed by atoms with Gasteiger partial charge in [0.05, 0.1) is 11.5 Å². The molecule has 0 spiro atoms. The highest BCUT2D eigenvalue weighted by molar-refractivity contribution is 5.85. The van der Waals surface area contributed by atoms with Crippen molar-refractivity contribution in [2.24, 2.45) is 5.92 Å². The number of carbonyl (C=O) groups is 1. The summed E-state index contributed by atoms with van der Waals surface area (Å²) in [4.78, 5) is 13.1. The SMILES string of the molecule is Cl.O=C(O)C1CCCN(CCOC(=Cc2cc(F)ccc2F)c2ccc(F)cc2F)C1. The summed E-state index contributed by atoms with van der Waals surface area (Å²) in [6.45, 7) is 1.51. The topological polar surface area (TPSA) is 49.8 Å². The first-order valence-corrected chi connectivity index (χ1v) is 9.53. The minimum atomic E-state index is -0.901. The van der Waals surface area contributed by atoms with Crippen molar-refractivity contribution in [1.82, 2.24) is 4.90 Å². The average molecular weight is 460 g/mol. The molecule has 168 valence electrons. The number of halogens is 5. The van der Waals surface area contributed by atoms with E-state index in [-0.39, 0.29) is 35.9 Å². The van der Waals surface area contributed by atoms with Gasteiger partial charge in [0.1, 0.15) is 35.6 Å². The van der Waals surface area contributed by atoms with Crippen molar-refractivity contribution >= 4 is 30.2 Å². The van der Waals surface area contributed by atoms with E-state index in [1.165, 1.54) is 0 Å². The lowest BCUT2D eigenvalue weighted by atomic mass is 9.98. The fourth-order valence-corrected chi connectivity index (χ4v) is 3.40. The lowest BCUT2D eigenvalue weighted by Gasteiger charge is -2.30. The second kappa shape index (κ2) is 11.2. The van der Waals surface area contributed by atoms with Crippen molar-refractivity contribution in [3.8, 4) is 0 Å². The molecule has 1 fully saturated rings. The van der Waals surface area contributed by atoms with Crippen LogP contribution in [0.4, 0.5) is 17.6 Å². The van der Waals surface area contributed by atoms with Crippen molar-refractivity contribution in [3.05, 3.63) is 70.8 Å². The maximum absolute atomic E-state index is 14.3. The zero-order valence-corrected chi connectivity index (χ0v) is 17.3. The predicted octanol–water partition coefficient (Wildman–Crippen LogP) is 4.98. The van der Waals surface area contributed by atoms with Crippen LogP contribution in [0.2, 0.25) is 0 Å². The molecular weight excluding hydrogens is 438 g/mol. The summed E-state index contributed by atoms with van der Waals surface area (Å²) < 4.78 is 60.8. The molecule has 1 N–H and O–H groups in total. The molecule has 0 aliphatic carbocycles. The minimum Gasteiger partial charge on any atom is -0.491 e. The third-order valence-corrected chi connectivity index (χ3v) is 4.96. The van der Waals surface area contributed by atoms with Gasteiger partial charge in [-0.25, -0.2) is 17.6 Å². The molecule has 1 unspecified atom stereocenters. The Morgan fingerprint density at radius 3 is 2.52 bits per heavy atom. The highest BCUT2D eigenvalue weighted by atomic mass is 35.5. The summed E-state index contributed by atoms with van der Waals surface area (Å²) in [5.74, 6) is -4.46. The maximum Gasteiger partial charge on any atom is 0.307 e. The minimum absolute atomic E-state index is 0.